The fourth-order valence-corrected chi connectivity index (χ4v) is 2.25. The van der Waals surface area contributed by atoms with Gasteiger partial charge in [-0.1, -0.05) is 0 Å². The van der Waals surface area contributed by atoms with E-state index in [2.05, 4.69) is 24.0 Å². The quantitative estimate of drug-likeness (QED) is 0.835. The van der Waals surface area contributed by atoms with Gasteiger partial charge in [-0.3, -0.25) is 0 Å². The number of imidazole rings is 1. The van der Waals surface area contributed by atoms with Crippen LogP contribution >= 0.6 is 11.3 Å². The summed E-state index contributed by atoms with van der Waals surface area (Å²) in [6, 6.07) is 4.22. The fourth-order valence-electron chi connectivity index (χ4n) is 1.36. The van der Waals surface area contributed by atoms with Crippen molar-refractivity contribution in [2.24, 2.45) is 0 Å². The molecular weight excluding hydrogens is 196 g/mol. The molecule has 74 valence electrons. The molecule has 0 bridgehead atoms. The first kappa shape index (κ1) is 9.43. The fraction of sp³-hybridized carbons (Fsp3) is 0.300. The minimum atomic E-state index is 0.0460. The van der Waals surface area contributed by atoms with Crippen molar-refractivity contribution in [3.05, 3.63) is 40.1 Å². The van der Waals surface area contributed by atoms with Gasteiger partial charge in [0.25, 0.3) is 0 Å². The summed E-state index contributed by atoms with van der Waals surface area (Å²) in [7, 11) is 0. The van der Waals surface area contributed by atoms with Crippen LogP contribution in [0.15, 0.2) is 24.7 Å². The highest BCUT2D eigenvalue weighted by Gasteiger charge is 2.02. The van der Waals surface area contributed by atoms with Gasteiger partial charge in [0.2, 0.25) is 0 Å². The normalized spacial score (nSPS) is 10.7. The molecule has 0 aliphatic rings. The van der Waals surface area contributed by atoms with Crippen molar-refractivity contribution >= 4 is 11.3 Å². The van der Waals surface area contributed by atoms with E-state index in [4.69, 9.17) is 5.11 Å². The highest BCUT2D eigenvalue weighted by atomic mass is 32.1. The van der Waals surface area contributed by atoms with Crippen LogP contribution in [0.25, 0.3) is 0 Å². The molecule has 0 atom stereocenters. The van der Waals surface area contributed by atoms with Gasteiger partial charge in [-0.15, -0.1) is 11.3 Å². The van der Waals surface area contributed by atoms with E-state index in [0.29, 0.717) is 0 Å². The molecule has 3 nitrogen and oxygen atoms in total. The number of rotatable bonds is 3. The lowest BCUT2D eigenvalue weighted by molar-refractivity contribution is 0.271. The van der Waals surface area contributed by atoms with E-state index in [1.54, 1.807) is 23.9 Å². The lowest BCUT2D eigenvalue weighted by atomic mass is 10.4. The zero-order valence-corrected chi connectivity index (χ0v) is 8.79. The van der Waals surface area contributed by atoms with Crippen molar-refractivity contribution in [3.8, 4) is 0 Å². The largest absolute Gasteiger partial charge is 0.390 e. The van der Waals surface area contributed by atoms with E-state index in [-0.39, 0.29) is 6.61 Å². The molecule has 0 aromatic carbocycles. The van der Waals surface area contributed by atoms with Gasteiger partial charge in [0.1, 0.15) is 0 Å². The Balaban J connectivity index is 2.18. The Morgan fingerprint density at radius 3 is 3.00 bits per heavy atom. The van der Waals surface area contributed by atoms with Crippen LogP contribution in [0.3, 0.4) is 0 Å². The first-order chi connectivity index (χ1) is 6.79. The SMILES string of the molecule is Cc1ccc(Cn2cncc2CO)s1. The molecular formula is C10H12N2OS. The van der Waals surface area contributed by atoms with Crippen molar-refractivity contribution in [1.82, 2.24) is 9.55 Å². The molecule has 0 fully saturated rings. The van der Waals surface area contributed by atoms with Crippen LogP contribution in [0.4, 0.5) is 0 Å². The number of aromatic nitrogens is 2. The Labute approximate surface area is 86.7 Å². The summed E-state index contributed by atoms with van der Waals surface area (Å²) in [5.41, 5.74) is 0.857. The molecule has 1 N–H and O–H groups in total. The Morgan fingerprint density at radius 2 is 2.36 bits per heavy atom. The first-order valence-corrected chi connectivity index (χ1v) is 5.26. The van der Waals surface area contributed by atoms with Crippen LogP contribution in [0.1, 0.15) is 15.4 Å². The molecule has 0 radical (unpaired) electrons. The summed E-state index contributed by atoms with van der Waals surface area (Å²) in [5, 5.41) is 9.03. The van der Waals surface area contributed by atoms with Crippen molar-refractivity contribution < 1.29 is 5.11 Å². The monoisotopic (exact) mass is 208 g/mol. The molecule has 0 aliphatic heterocycles. The molecule has 2 aromatic rings. The van der Waals surface area contributed by atoms with Crippen molar-refractivity contribution in [3.63, 3.8) is 0 Å². The van der Waals surface area contributed by atoms with E-state index in [1.807, 2.05) is 4.57 Å². The van der Waals surface area contributed by atoms with Crippen molar-refractivity contribution in [2.75, 3.05) is 0 Å². The lowest BCUT2D eigenvalue weighted by Gasteiger charge is -2.03. The molecule has 0 aliphatic carbocycles. The highest BCUT2D eigenvalue weighted by Crippen LogP contribution is 2.16. The summed E-state index contributed by atoms with van der Waals surface area (Å²) in [5.74, 6) is 0. The third-order valence-corrected chi connectivity index (χ3v) is 3.07. The Hall–Kier alpha value is -1.13. The molecule has 0 amide bonds. The Bertz CT molecular complexity index is 419. The standard InChI is InChI=1S/C10H12N2OS/c1-8-2-3-10(14-8)5-12-7-11-4-9(12)6-13/h2-4,7,13H,5-6H2,1H3. The summed E-state index contributed by atoms with van der Waals surface area (Å²) < 4.78 is 1.96. The number of hydrogen-bond donors (Lipinski definition) is 1. The first-order valence-electron chi connectivity index (χ1n) is 4.45. The molecule has 2 rings (SSSR count). The van der Waals surface area contributed by atoms with Gasteiger partial charge in [0.05, 0.1) is 31.4 Å². The third-order valence-electron chi connectivity index (χ3n) is 2.08. The summed E-state index contributed by atoms with van der Waals surface area (Å²) in [6.45, 7) is 2.94. The van der Waals surface area contributed by atoms with E-state index in [0.717, 1.165) is 12.2 Å². The zero-order chi connectivity index (χ0) is 9.97. The van der Waals surface area contributed by atoms with Gasteiger partial charge in [0.15, 0.2) is 0 Å². The second-order valence-electron chi connectivity index (χ2n) is 3.18. The molecule has 0 spiro atoms. The van der Waals surface area contributed by atoms with E-state index in [1.165, 1.54) is 9.75 Å². The summed E-state index contributed by atoms with van der Waals surface area (Å²) in [4.78, 5) is 6.60. The average molecular weight is 208 g/mol. The van der Waals surface area contributed by atoms with Crippen molar-refractivity contribution in [2.45, 2.75) is 20.1 Å². The third kappa shape index (κ3) is 1.86. The Kier molecular flexibility index (Phi) is 2.65. The number of aliphatic hydroxyl groups excluding tert-OH is 1. The highest BCUT2D eigenvalue weighted by molar-refractivity contribution is 7.11. The van der Waals surface area contributed by atoms with Crippen LogP contribution in [0.2, 0.25) is 0 Å². The topological polar surface area (TPSA) is 38.0 Å². The van der Waals surface area contributed by atoms with Crippen LogP contribution in [-0.2, 0) is 13.2 Å². The summed E-state index contributed by atoms with van der Waals surface area (Å²) >= 11 is 1.77. The minimum Gasteiger partial charge on any atom is -0.390 e. The maximum atomic E-state index is 9.03. The van der Waals surface area contributed by atoms with E-state index in [9.17, 15) is 0 Å². The number of aryl methyl sites for hydroxylation is 1. The second-order valence-corrected chi connectivity index (χ2v) is 4.56. The van der Waals surface area contributed by atoms with Crippen LogP contribution in [0.5, 0.6) is 0 Å². The maximum Gasteiger partial charge on any atom is 0.0952 e. The predicted molar refractivity (Wildman–Crippen MR) is 56.3 cm³/mol. The Morgan fingerprint density at radius 1 is 1.50 bits per heavy atom. The number of nitrogens with zero attached hydrogens (tertiary/aromatic N) is 2. The maximum absolute atomic E-state index is 9.03. The molecule has 4 heteroatoms. The van der Waals surface area contributed by atoms with Crippen LogP contribution in [0, 0.1) is 6.92 Å². The van der Waals surface area contributed by atoms with E-state index >= 15 is 0 Å². The van der Waals surface area contributed by atoms with Gasteiger partial charge in [-0.05, 0) is 19.1 Å². The predicted octanol–water partition coefficient (Wildman–Crippen LogP) is 1.79. The molecule has 2 heterocycles. The molecule has 14 heavy (non-hydrogen) atoms. The number of hydrogen-bond acceptors (Lipinski definition) is 3. The second kappa shape index (κ2) is 3.94. The smallest absolute Gasteiger partial charge is 0.0952 e. The van der Waals surface area contributed by atoms with Crippen LogP contribution < -0.4 is 0 Å². The summed E-state index contributed by atoms with van der Waals surface area (Å²) in [6.07, 6.45) is 3.45. The van der Waals surface area contributed by atoms with Crippen molar-refractivity contribution in [1.29, 1.82) is 0 Å². The van der Waals surface area contributed by atoms with Gasteiger partial charge < -0.3 is 9.67 Å². The lowest BCUT2D eigenvalue weighted by Crippen LogP contribution is -2.01. The van der Waals surface area contributed by atoms with Crippen LogP contribution in [-0.4, -0.2) is 14.7 Å². The molecule has 0 saturated heterocycles. The molecule has 0 unspecified atom stereocenters. The number of thiophene rings is 1. The van der Waals surface area contributed by atoms with Gasteiger partial charge in [-0.2, -0.15) is 0 Å². The zero-order valence-electron chi connectivity index (χ0n) is 7.97. The van der Waals surface area contributed by atoms with Gasteiger partial charge in [0, 0.05) is 9.75 Å². The minimum absolute atomic E-state index is 0.0460. The van der Waals surface area contributed by atoms with Gasteiger partial charge >= 0.3 is 0 Å². The van der Waals surface area contributed by atoms with E-state index < -0.39 is 0 Å². The van der Waals surface area contributed by atoms with Gasteiger partial charge in [-0.25, -0.2) is 4.98 Å². The number of aliphatic hydroxyl groups is 1. The molecule has 2 aromatic heterocycles. The average Bonchev–Trinajstić information content (AvgIpc) is 2.76. The molecule has 0 saturated carbocycles.